The maximum atomic E-state index is 14.0. The van der Waals surface area contributed by atoms with Crippen LogP contribution in [-0.4, -0.2) is 31.4 Å². The van der Waals surface area contributed by atoms with Crippen LogP contribution in [0.5, 0.6) is 5.75 Å². The van der Waals surface area contributed by atoms with Crippen LogP contribution < -0.4 is 15.0 Å². The minimum absolute atomic E-state index is 0.149. The Labute approximate surface area is 157 Å². The number of anilines is 2. The molecule has 1 N–H and O–H groups in total. The number of carbonyl (C=O) groups is 1. The molecule has 1 unspecified atom stereocenters. The summed E-state index contributed by atoms with van der Waals surface area (Å²) >= 11 is 1.45. The first-order chi connectivity index (χ1) is 12.5. The topological polar surface area (TPSA) is 41.6 Å². The summed E-state index contributed by atoms with van der Waals surface area (Å²) in [5.41, 5.74) is 1.33. The Morgan fingerprint density at radius 2 is 1.88 bits per heavy atom. The molecule has 1 amide bonds. The molecule has 138 valence electrons. The van der Waals surface area contributed by atoms with Crippen LogP contribution in [-0.2, 0) is 4.79 Å². The Hall–Kier alpha value is -2.21. The van der Waals surface area contributed by atoms with Gasteiger partial charge in [0, 0.05) is 29.4 Å². The monoisotopic (exact) mass is 374 g/mol. The van der Waals surface area contributed by atoms with Gasteiger partial charge in [0.05, 0.1) is 12.4 Å². The Morgan fingerprint density at radius 1 is 1.19 bits per heavy atom. The van der Waals surface area contributed by atoms with Crippen molar-refractivity contribution in [2.75, 3.05) is 30.4 Å². The van der Waals surface area contributed by atoms with E-state index in [4.69, 9.17) is 4.74 Å². The van der Waals surface area contributed by atoms with Crippen molar-refractivity contribution in [1.82, 2.24) is 0 Å². The summed E-state index contributed by atoms with van der Waals surface area (Å²) < 4.78 is 19.1. The van der Waals surface area contributed by atoms with Gasteiger partial charge >= 0.3 is 0 Å². The minimum atomic E-state index is -0.333. The van der Waals surface area contributed by atoms with Crippen LogP contribution >= 0.6 is 11.8 Å². The summed E-state index contributed by atoms with van der Waals surface area (Å²) in [6.45, 7) is 3.70. The number of hydrogen-bond donors (Lipinski definition) is 1. The fraction of sp³-hybridized carbons (Fsp3) is 0.350. The van der Waals surface area contributed by atoms with E-state index < -0.39 is 0 Å². The lowest BCUT2D eigenvalue weighted by Crippen LogP contribution is -2.23. The van der Waals surface area contributed by atoms with Crippen molar-refractivity contribution in [3.63, 3.8) is 0 Å². The number of hydrogen-bond acceptors (Lipinski definition) is 4. The van der Waals surface area contributed by atoms with E-state index in [1.54, 1.807) is 7.11 Å². The van der Waals surface area contributed by atoms with E-state index in [0.717, 1.165) is 42.3 Å². The molecule has 1 aliphatic rings. The van der Waals surface area contributed by atoms with Gasteiger partial charge in [-0.15, -0.1) is 11.8 Å². The molecule has 6 heteroatoms. The fourth-order valence-electron chi connectivity index (χ4n) is 2.96. The highest BCUT2D eigenvalue weighted by atomic mass is 32.2. The predicted molar refractivity (Wildman–Crippen MR) is 105 cm³/mol. The van der Waals surface area contributed by atoms with Crippen LogP contribution in [0.3, 0.4) is 0 Å². The van der Waals surface area contributed by atoms with Crippen LogP contribution in [0.25, 0.3) is 0 Å². The molecule has 0 spiro atoms. The zero-order valence-electron chi connectivity index (χ0n) is 15.0. The number of nitrogens with one attached hydrogen (secondary N) is 1. The smallest absolute Gasteiger partial charge is 0.237 e. The van der Waals surface area contributed by atoms with E-state index in [1.807, 2.05) is 37.3 Å². The molecule has 0 bridgehead atoms. The van der Waals surface area contributed by atoms with Crippen molar-refractivity contribution in [3.8, 4) is 5.75 Å². The van der Waals surface area contributed by atoms with Gasteiger partial charge in [-0.1, -0.05) is 0 Å². The van der Waals surface area contributed by atoms with Crippen molar-refractivity contribution in [3.05, 3.63) is 48.3 Å². The molecule has 1 saturated heterocycles. The second-order valence-electron chi connectivity index (χ2n) is 6.32. The fourth-order valence-corrected chi connectivity index (χ4v) is 3.83. The zero-order valence-corrected chi connectivity index (χ0v) is 15.8. The highest BCUT2D eigenvalue weighted by Crippen LogP contribution is 2.28. The molecule has 0 radical (unpaired) electrons. The molecule has 1 aliphatic heterocycles. The van der Waals surface area contributed by atoms with E-state index in [-0.39, 0.29) is 17.0 Å². The maximum Gasteiger partial charge on any atom is 0.237 e. The summed E-state index contributed by atoms with van der Waals surface area (Å²) in [6.07, 6.45) is 2.24. The van der Waals surface area contributed by atoms with Crippen molar-refractivity contribution in [1.29, 1.82) is 0 Å². The third-order valence-electron chi connectivity index (χ3n) is 4.36. The summed E-state index contributed by atoms with van der Waals surface area (Å²) in [7, 11) is 1.62. The lowest BCUT2D eigenvalue weighted by atomic mass is 10.2. The van der Waals surface area contributed by atoms with Gasteiger partial charge in [0.2, 0.25) is 5.91 Å². The first-order valence-corrected chi connectivity index (χ1v) is 9.60. The number of nitrogens with zero attached hydrogens (tertiary/aromatic N) is 1. The number of benzene rings is 2. The van der Waals surface area contributed by atoms with Crippen LogP contribution in [0.4, 0.5) is 15.8 Å². The zero-order chi connectivity index (χ0) is 18.5. The number of carbonyl (C=O) groups excluding carboxylic acids is 1. The molecule has 2 aromatic rings. The number of halogens is 1. The van der Waals surface area contributed by atoms with E-state index in [1.165, 1.54) is 23.9 Å². The van der Waals surface area contributed by atoms with Crippen molar-refractivity contribution >= 4 is 29.0 Å². The molecular formula is C20H23FN2O2S. The number of methoxy groups -OCH3 is 1. The second kappa shape index (κ2) is 8.45. The van der Waals surface area contributed by atoms with Crippen LogP contribution in [0.1, 0.15) is 19.8 Å². The summed E-state index contributed by atoms with van der Waals surface area (Å²) in [5.74, 6) is 0.296. The van der Waals surface area contributed by atoms with E-state index in [2.05, 4.69) is 10.2 Å². The van der Waals surface area contributed by atoms with Crippen LogP contribution in [0.15, 0.2) is 47.4 Å². The van der Waals surface area contributed by atoms with Gasteiger partial charge in [-0.3, -0.25) is 4.79 Å². The SMILES string of the molecule is COc1ccc(SC(C)C(=O)Nc2cc(F)cc(N3CCCC3)c2)cc1. The van der Waals surface area contributed by atoms with Crippen molar-refractivity contribution in [2.24, 2.45) is 0 Å². The first-order valence-electron chi connectivity index (χ1n) is 8.72. The van der Waals surface area contributed by atoms with Gasteiger partial charge in [-0.05, 0) is 62.2 Å². The minimum Gasteiger partial charge on any atom is -0.497 e. The highest BCUT2D eigenvalue weighted by molar-refractivity contribution is 8.00. The quantitative estimate of drug-likeness (QED) is 0.753. The molecule has 1 atom stereocenters. The predicted octanol–water partition coefficient (Wildman–Crippen LogP) is 4.55. The summed E-state index contributed by atoms with van der Waals surface area (Å²) in [5, 5.41) is 2.53. The largest absolute Gasteiger partial charge is 0.497 e. The molecule has 0 aromatic heterocycles. The number of rotatable bonds is 6. The average molecular weight is 374 g/mol. The average Bonchev–Trinajstić information content (AvgIpc) is 3.16. The van der Waals surface area contributed by atoms with Crippen LogP contribution in [0, 0.1) is 5.82 Å². The Kier molecular flexibility index (Phi) is 6.04. The van der Waals surface area contributed by atoms with Crippen LogP contribution in [0.2, 0.25) is 0 Å². The Bertz CT molecular complexity index is 761. The number of thioether (sulfide) groups is 1. The third kappa shape index (κ3) is 4.69. The Balaban J connectivity index is 1.64. The normalized spacial score (nSPS) is 15.0. The van der Waals surface area contributed by atoms with Gasteiger partial charge in [0.1, 0.15) is 11.6 Å². The molecule has 0 saturated carbocycles. The molecule has 26 heavy (non-hydrogen) atoms. The number of amides is 1. The molecule has 3 rings (SSSR count). The highest BCUT2D eigenvalue weighted by Gasteiger charge is 2.17. The molecular weight excluding hydrogens is 351 g/mol. The van der Waals surface area contributed by atoms with Crippen molar-refractivity contribution in [2.45, 2.75) is 29.9 Å². The Morgan fingerprint density at radius 3 is 2.54 bits per heavy atom. The summed E-state index contributed by atoms with van der Waals surface area (Å²) in [4.78, 5) is 15.6. The van der Waals surface area contributed by atoms with Gasteiger partial charge in [0.25, 0.3) is 0 Å². The van der Waals surface area contributed by atoms with Gasteiger partial charge in [0.15, 0.2) is 0 Å². The molecule has 1 fully saturated rings. The molecule has 2 aromatic carbocycles. The molecule has 0 aliphatic carbocycles. The van der Waals surface area contributed by atoms with E-state index >= 15 is 0 Å². The summed E-state index contributed by atoms with van der Waals surface area (Å²) in [6, 6.07) is 12.3. The lowest BCUT2D eigenvalue weighted by molar-refractivity contribution is -0.115. The van der Waals surface area contributed by atoms with E-state index in [0.29, 0.717) is 5.69 Å². The molecule has 1 heterocycles. The van der Waals surface area contributed by atoms with Gasteiger partial charge in [-0.2, -0.15) is 0 Å². The molecule has 4 nitrogen and oxygen atoms in total. The standard InChI is InChI=1S/C20H23FN2O2S/c1-14(26-19-7-5-18(25-2)6-8-19)20(24)22-16-11-15(21)12-17(13-16)23-9-3-4-10-23/h5-8,11-14H,3-4,9-10H2,1-2H3,(H,22,24). The lowest BCUT2D eigenvalue weighted by Gasteiger charge is -2.19. The van der Waals surface area contributed by atoms with Gasteiger partial charge < -0.3 is 15.0 Å². The van der Waals surface area contributed by atoms with Crippen molar-refractivity contribution < 1.29 is 13.9 Å². The maximum absolute atomic E-state index is 14.0. The first kappa shape index (κ1) is 18.6. The van der Waals surface area contributed by atoms with E-state index in [9.17, 15) is 9.18 Å². The number of ether oxygens (including phenoxy) is 1. The third-order valence-corrected chi connectivity index (χ3v) is 5.47. The van der Waals surface area contributed by atoms with Gasteiger partial charge in [-0.25, -0.2) is 4.39 Å². The second-order valence-corrected chi connectivity index (χ2v) is 7.73.